The van der Waals surface area contributed by atoms with Crippen LogP contribution in [0.25, 0.3) is 0 Å². The molecule has 0 aromatic heterocycles. The molecule has 5 heteroatoms. The number of benzene rings is 1. The van der Waals surface area contributed by atoms with Crippen molar-refractivity contribution in [2.45, 2.75) is 6.04 Å². The monoisotopic (exact) mass is 234 g/mol. The van der Waals surface area contributed by atoms with Gasteiger partial charge in [0.05, 0.1) is 26.8 Å². The van der Waals surface area contributed by atoms with Gasteiger partial charge in [0, 0.05) is 0 Å². The summed E-state index contributed by atoms with van der Waals surface area (Å²) in [5.74, 6) is 0.260. The van der Waals surface area contributed by atoms with E-state index in [1.165, 1.54) is 7.11 Å². The summed E-state index contributed by atoms with van der Waals surface area (Å²) in [5.41, 5.74) is 0.746. The largest absolute Gasteiger partial charge is 0.497 e. The maximum absolute atomic E-state index is 11.0. The van der Waals surface area contributed by atoms with Crippen LogP contribution in [-0.4, -0.2) is 26.7 Å². The molecule has 0 radical (unpaired) electrons. The molecule has 0 aliphatic heterocycles. The summed E-state index contributed by atoms with van der Waals surface area (Å²) < 4.78 is 9.56. The fourth-order valence-corrected chi connectivity index (χ4v) is 1.32. The van der Waals surface area contributed by atoms with Crippen LogP contribution in [-0.2, 0) is 9.53 Å². The summed E-state index contributed by atoms with van der Waals surface area (Å²) >= 11 is 0. The van der Waals surface area contributed by atoms with E-state index in [2.05, 4.69) is 16.1 Å². The first-order valence-electron chi connectivity index (χ1n) is 5.05. The number of rotatable bonds is 5. The molecule has 0 heterocycles. The summed E-state index contributed by atoms with van der Waals surface area (Å²) in [7, 11) is 2.86. The summed E-state index contributed by atoms with van der Waals surface area (Å²) in [6.07, 6.45) is 0. The normalized spacial score (nSPS) is 11.4. The lowest BCUT2D eigenvalue weighted by atomic mass is 10.1. The fourth-order valence-electron chi connectivity index (χ4n) is 1.32. The number of nitrogens with one attached hydrogen (secondary N) is 1. The predicted octanol–water partition coefficient (Wildman–Crippen LogP) is 1.02. The Labute approximate surface area is 100.0 Å². The minimum Gasteiger partial charge on any atom is -0.497 e. The Morgan fingerprint density at radius 1 is 1.53 bits per heavy atom. The van der Waals surface area contributed by atoms with Crippen LogP contribution in [0.5, 0.6) is 5.75 Å². The van der Waals surface area contributed by atoms with Gasteiger partial charge in [-0.1, -0.05) is 12.1 Å². The second kappa shape index (κ2) is 6.51. The first-order valence-corrected chi connectivity index (χ1v) is 5.05. The highest BCUT2D eigenvalue weighted by Crippen LogP contribution is 2.18. The van der Waals surface area contributed by atoms with Crippen LogP contribution in [0.2, 0.25) is 0 Å². The van der Waals surface area contributed by atoms with Crippen LogP contribution in [0.1, 0.15) is 11.6 Å². The van der Waals surface area contributed by atoms with Crippen LogP contribution in [0.3, 0.4) is 0 Å². The number of nitrogens with zero attached hydrogens (tertiary/aromatic N) is 1. The maximum Gasteiger partial charge on any atom is 0.319 e. The van der Waals surface area contributed by atoms with E-state index in [-0.39, 0.29) is 6.54 Å². The summed E-state index contributed by atoms with van der Waals surface area (Å²) in [4.78, 5) is 11.0. The standard InChI is InChI=1S/C12H14N2O3/c1-16-10-5-3-4-9(6-10)11(7-13)14-8-12(15)17-2/h3-6,11,14H,8H2,1-2H3. The lowest BCUT2D eigenvalue weighted by molar-refractivity contribution is -0.139. The number of methoxy groups -OCH3 is 2. The highest BCUT2D eigenvalue weighted by Gasteiger charge is 2.12. The molecule has 1 atom stereocenters. The minimum absolute atomic E-state index is 0.00800. The number of ether oxygens (including phenoxy) is 2. The molecule has 0 spiro atoms. The van der Waals surface area contributed by atoms with Gasteiger partial charge in [0.25, 0.3) is 0 Å². The predicted molar refractivity (Wildman–Crippen MR) is 61.4 cm³/mol. The molecule has 0 bridgehead atoms. The van der Waals surface area contributed by atoms with Crippen LogP contribution in [0.4, 0.5) is 0 Å². The second-order valence-electron chi connectivity index (χ2n) is 3.30. The lowest BCUT2D eigenvalue weighted by Gasteiger charge is -2.11. The van der Waals surface area contributed by atoms with E-state index in [1.807, 2.05) is 0 Å². The molecule has 0 amide bonds. The highest BCUT2D eigenvalue weighted by molar-refractivity contribution is 5.71. The van der Waals surface area contributed by atoms with Crippen molar-refractivity contribution in [3.63, 3.8) is 0 Å². The van der Waals surface area contributed by atoms with E-state index in [0.717, 1.165) is 5.56 Å². The van der Waals surface area contributed by atoms with E-state index in [0.29, 0.717) is 5.75 Å². The van der Waals surface area contributed by atoms with Crippen LogP contribution in [0.15, 0.2) is 24.3 Å². The van der Waals surface area contributed by atoms with Crippen molar-refractivity contribution in [1.29, 1.82) is 5.26 Å². The Kier molecular flexibility index (Phi) is 4.98. The molecule has 1 aromatic rings. The smallest absolute Gasteiger partial charge is 0.319 e. The number of carbonyl (C=O) groups is 1. The number of hydrogen-bond acceptors (Lipinski definition) is 5. The minimum atomic E-state index is -0.566. The van der Waals surface area contributed by atoms with Gasteiger partial charge in [-0.3, -0.25) is 10.1 Å². The van der Waals surface area contributed by atoms with E-state index in [4.69, 9.17) is 10.00 Å². The van der Waals surface area contributed by atoms with Crippen LogP contribution >= 0.6 is 0 Å². The summed E-state index contributed by atoms with van der Waals surface area (Å²) in [5, 5.41) is 11.8. The maximum atomic E-state index is 11.0. The van der Waals surface area contributed by atoms with Gasteiger partial charge in [-0.05, 0) is 17.7 Å². The zero-order chi connectivity index (χ0) is 12.7. The highest BCUT2D eigenvalue weighted by atomic mass is 16.5. The van der Waals surface area contributed by atoms with Gasteiger partial charge in [0.2, 0.25) is 0 Å². The lowest BCUT2D eigenvalue weighted by Crippen LogP contribution is -2.27. The first-order chi connectivity index (χ1) is 8.21. The summed E-state index contributed by atoms with van der Waals surface area (Å²) in [6.45, 7) is -0.00800. The Morgan fingerprint density at radius 2 is 2.29 bits per heavy atom. The van der Waals surface area contributed by atoms with Crippen molar-refractivity contribution in [3.8, 4) is 11.8 Å². The van der Waals surface area contributed by atoms with Crippen molar-refractivity contribution >= 4 is 5.97 Å². The molecule has 0 aliphatic carbocycles. The quantitative estimate of drug-likeness (QED) is 0.770. The number of nitriles is 1. The van der Waals surface area contributed by atoms with Gasteiger partial charge < -0.3 is 9.47 Å². The Balaban J connectivity index is 2.73. The number of esters is 1. The third kappa shape index (κ3) is 3.78. The van der Waals surface area contributed by atoms with E-state index in [1.54, 1.807) is 31.4 Å². The molecule has 1 unspecified atom stereocenters. The van der Waals surface area contributed by atoms with Gasteiger partial charge in [0.15, 0.2) is 0 Å². The van der Waals surface area contributed by atoms with Crippen molar-refractivity contribution in [2.75, 3.05) is 20.8 Å². The third-order valence-electron chi connectivity index (χ3n) is 2.23. The Morgan fingerprint density at radius 3 is 2.88 bits per heavy atom. The fraction of sp³-hybridized carbons (Fsp3) is 0.333. The van der Waals surface area contributed by atoms with Gasteiger partial charge in [-0.2, -0.15) is 5.26 Å². The van der Waals surface area contributed by atoms with Gasteiger partial charge in [-0.15, -0.1) is 0 Å². The molecule has 0 fully saturated rings. The molecular formula is C12H14N2O3. The van der Waals surface area contributed by atoms with Crippen LogP contribution < -0.4 is 10.1 Å². The molecule has 1 N–H and O–H groups in total. The van der Waals surface area contributed by atoms with Crippen molar-refractivity contribution in [2.24, 2.45) is 0 Å². The molecule has 17 heavy (non-hydrogen) atoms. The second-order valence-corrected chi connectivity index (χ2v) is 3.30. The average Bonchev–Trinajstić information content (AvgIpc) is 2.39. The molecular weight excluding hydrogens is 220 g/mol. The number of hydrogen-bond donors (Lipinski definition) is 1. The molecule has 90 valence electrons. The third-order valence-corrected chi connectivity index (χ3v) is 2.23. The molecule has 0 saturated heterocycles. The van der Waals surface area contributed by atoms with Gasteiger partial charge >= 0.3 is 5.97 Å². The van der Waals surface area contributed by atoms with Crippen molar-refractivity contribution in [1.82, 2.24) is 5.32 Å². The molecule has 0 aliphatic rings. The van der Waals surface area contributed by atoms with Gasteiger partial charge in [0.1, 0.15) is 11.8 Å². The van der Waals surface area contributed by atoms with Crippen molar-refractivity contribution in [3.05, 3.63) is 29.8 Å². The molecule has 1 rings (SSSR count). The number of carbonyl (C=O) groups excluding carboxylic acids is 1. The van der Waals surface area contributed by atoms with Crippen LogP contribution in [0, 0.1) is 11.3 Å². The Bertz CT molecular complexity index is 426. The van der Waals surface area contributed by atoms with Gasteiger partial charge in [-0.25, -0.2) is 0 Å². The van der Waals surface area contributed by atoms with E-state index >= 15 is 0 Å². The van der Waals surface area contributed by atoms with Crippen molar-refractivity contribution < 1.29 is 14.3 Å². The molecule has 0 saturated carbocycles. The molecule has 1 aromatic carbocycles. The topological polar surface area (TPSA) is 71.3 Å². The first kappa shape index (κ1) is 13.0. The Hall–Kier alpha value is -2.06. The zero-order valence-corrected chi connectivity index (χ0v) is 9.77. The average molecular weight is 234 g/mol. The zero-order valence-electron chi connectivity index (χ0n) is 9.77. The van der Waals surface area contributed by atoms with E-state index in [9.17, 15) is 4.79 Å². The molecule has 5 nitrogen and oxygen atoms in total. The SMILES string of the molecule is COC(=O)CNC(C#N)c1cccc(OC)c1. The van der Waals surface area contributed by atoms with E-state index < -0.39 is 12.0 Å². The summed E-state index contributed by atoms with van der Waals surface area (Å²) in [6, 6.07) is 8.63.